The summed E-state index contributed by atoms with van der Waals surface area (Å²) in [5.41, 5.74) is 7.52. The zero-order chi connectivity index (χ0) is 22.1. The van der Waals surface area contributed by atoms with Crippen LogP contribution >= 0.6 is 0 Å². The lowest BCUT2D eigenvalue weighted by Crippen LogP contribution is -2.02. The van der Waals surface area contributed by atoms with Crippen LogP contribution in [0.2, 0.25) is 0 Å². The number of carbonyl (C=O) groups is 1. The molecule has 158 valence electrons. The molecular formula is C27H22N2O3. The van der Waals surface area contributed by atoms with E-state index in [1.54, 1.807) is 24.4 Å². The Morgan fingerprint density at radius 3 is 2.50 bits per heavy atom. The van der Waals surface area contributed by atoms with Gasteiger partial charge in [-0.05, 0) is 83.6 Å². The lowest BCUT2D eigenvalue weighted by atomic mass is 9.99. The molecule has 1 aromatic heterocycles. The lowest BCUT2D eigenvalue weighted by Gasteiger charge is -2.14. The van der Waals surface area contributed by atoms with Crippen LogP contribution in [0, 0.1) is 0 Å². The molecule has 0 aliphatic heterocycles. The topological polar surface area (TPSA) is 71.5 Å². The average molecular weight is 422 g/mol. The van der Waals surface area contributed by atoms with Crippen molar-refractivity contribution < 1.29 is 14.6 Å². The number of nitrogens with one attached hydrogen (secondary N) is 1. The van der Waals surface area contributed by atoms with Gasteiger partial charge in [-0.3, -0.25) is 4.98 Å². The normalized spacial score (nSPS) is 12.5. The smallest absolute Gasteiger partial charge is 0.337 e. The van der Waals surface area contributed by atoms with Gasteiger partial charge in [-0.25, -0.2) is 4.79 Å². The van der Waals surface area contributed by atoms with Crippen molar-refractivity contribution in [1.29, 1.82) is 0 Å². The van der Waals surface area contributed by atoms with Crippen molar-refractivity contribution in [1.82, 2.24) is 4.98 Å². The van der Waals surface area contributed by atoms with Crippen molar-refractivity contribution in [2.24, 2.45) is 0 Å². The third kappa shape index (κ3) is 3.93. The van der Waals surface area contributed by atoms with Crippen LogP contribution in [0.5, 0.6) is 5.75 Å². The van der Waals surface area contributed by atoms with Crippen molar-refractivity contribution in [2.75, 3.05) is 12.4 Å². The molecule has 0 radical (unpaired) electrons. The molecule has 1 aliphatic rings. The van der Waals surface area contributed by atoms with E-state index in [-0.39, 0.29) is 11.7 Å². The number of fused-ring (bicyclic) bond motifs is 1. The predicted octanol–water partition coefficient (Wildman–Crippen LogP) is 6.01. The Hall–Kier alpha value is -4.12. The van der Waals surface area contributed by atoms with Gasteiger partial charge < -0.3 is 15.2 Å². The zero-order valence-corrected chi connectivity index (χ0v) is 17.6. The molecule has 1 aliphatic carbocycles. The molecule has 2 N–H and O–H groups in total. The molecule has 3 aromatic carbocycles. The third-order valence-corrected chi connectivity index (χ3v) is 5.60. The molecule has 5 heteroatoms. The quantitative estimate of drug-likeness (QED) is 0.385. The number of pyridine rings is 1. The first-order valence-electron chi connectivity index (χ1n) is 10.5. The minimum atomic E-state index is -0.348. The fraction of sp³-hybridized carbons (Fsp3) is 0.111. The first-order chi connectivity index (χ1) is 15.6. The van der Waals surface area contributed by atoms with Crippen LogP contribution in [0.25, 0.3) is 27.7 Å². The maximum Gasteiger partial charge on any atom is 0.337 e. The first kappa shape index (κ1) is 19.8. The van der Waals surface area contributed by atoms with Crippen LogP contribution in [-0.2, 0) is 4.74 Å². The highest BCUT2D eigenvalue weighted by Gasteiger charge is 2.20. The summed E-state index contributed by atoms with van der Waals surface area (Å²) in [6.07, 6.45) is 3.81. The number of esters is 1. The maximum absolute atomic E-state index is 11.7. The molecule has 5 nitrogen and oxygen atoms in total. The molecule has 1 heterocycles. The predicted molar refractivity (Wildman–Crippen MR) is 126 cm³/mol. The number of aromatic hydroxyl groups is 1. The molecular weight excluding hydrogens is 400 g/mol. The monoisotopic (exact) mass is 422 g/mol. The SMILES string of the molecule is COC(=O)c1ccc(NC(=C2CC2)c2cccc(-c3cc(O)c4ncccc4c3)c2)cc1. The number of anilines is 1. The summed E-state index contributed by atoms with van der Waals surface area (Å²) in [6.45, 7) is 0. The first-order valence-corrected chi connectivity index (χ1v) is 10.5. The number of rotatable bonds is 5. The number of benzene rings is 3. The molecule has 1 saturated carbocycles. The van der Waals surface area contributed by atoms with E-state index in [2.05, 4.69) is 22.4 Å². The number of allylic oxidation sites excluding steroid dienone is 1. The van der Waals surface area contributed by atoms with E-state index in [9.17, 15) is 9.90 Å². The highest BCUT2D eigenvalue weighted by atomic mass is 16.5. The van der Waals surface area contributed by atoms with Gasteiger partial charge in [-0.2, -0.15) is 0 Å². The fourth-order valence-corrected chi connectivity index (χ4v) is 3.82. The Labute approximate surface area is 186 Å². The maximum atomic E-state index is 11.7. The van der Waals surface area contributed by atoms with Gasteiger partial charge >= 0.3 is 5.97 Å². The Kier molecular flexibility index (Phi) is 5.07. The van der Waals surface area contributed by atoms with Gasteiger partial charge in [0.15, 0.2) is 0 Å². The van der Waals surface area contributed by atoms with Crippen LogP contribution < -0.4 is 5.32 Å². The Balaban J connectivity index is 1.48. The van der Waals surface area contributed by atoms with E-state index in [1.165, 1.54) is 12.7 Å². The molecule has 4 aromatic rings. The minimum Gasteiger partial charge on any atom is -0.506 e. The van der Waals surface area contributed by atoms with Crippen molar-refractivity contribution in [2.45, 2.75) is 12.8 Å². The van der Waals surface area contributed by atoms with Crippen LogP contribution in [0.1, 0.15) is 28.8 Å². The van der Waals surface area contributed by atoms with Gasteiger partial charge in [0.2, 0.25) is 0 Å². The van der Waals surface area contributed by atoms with Gasteiger partial charge in [0.25, 0.3) is 0 Å². The van der Waals surface area contributed by atoms with Gasteiger partial charge in [0.05, 0.1) is 12.7 Å². The summed E-state index contributed by atoms with van der Waals surface area (Å²) in [7, 11) is 1.38. The van der Waals surface area contributed by atoms with Gasteiger partial charge in [0, 0.05) is 23.0 Å². The summed E-state index contributed by atoms with van der Waals surface area (Å²) >= 11 is 0. The van der Waals surface area contributed by atoms with Gasteiger partial charge in [-0.15, -0.1) is 0 Å². The molecule has 0 atom stereocenters. The summed E-state index contributed by atoms with van der Waals surface area (Å²) < 4.78 is 4.77. The summed E-state index contributed by atoms with van der Waals surface area (Å²) in [5.74, 6) is -0.174. The average Bonchev–Trinajstić information content (AvgIpc) is 3.68. The van der Waals surface area contributed by atoms with Crippen molar-refractivity contribution in [3.05, 3.63) is 95.7 Å². The molecule has 5 rings (SSSR count). The van der Waals surface area contributed by atoms with E-state index in [4.69, 9.17) is 4.74 Å². The number of methoxy groups -OCH3 is 1. The van der Waals surface area contributed by atoms with Crippen molar-refractivity contribution in [3.8, 4) is 16.9 Å². The molecule has 0 spiro atoms. The van der Waals surface area contributed by atoms with Gasteiger partial charge in [-0.1, -0.05) is 24.3 Å². The molecule has 0 bridgehead atoms. The number of nitrogens with zero attached hydrogens (tertiary/aromatic N) is 1. The largest absolute Gasteiger partial charge is 0.506 e. The second-order valence-electron chi connectivity index (χ2n) is 7.82. The molecule has 0 unspecified atom stereocenters. The summed E-state index contributed by atoms with van der Waals surface area (Å²) in [6, 6.07) is 23.2. The highest BCUT2D eigenvalue weighted by molar-refractivity contribution is 5.91. The lowest BCUT2D eigenvalue weighted by molar-refractivity contribution is 0.0601. The number of carbonyl (C=O) groups excluding carboxylic acids is 1. The second kappa shape index (κ2) is 8.19. The standard InChI is InChI=1S/C27H22N2O3/c1-32-27(31)18-9-11-23(12-10-18)29-25(17-7-8-17)20-5-2-4-19(14-20)22-15-21-6-3-13-28-26(21)24(30)16-22/h2-6,9-16,29-30H,7-8H2,1H3. The second-order valence-corrected chi connectivity index (χ2v) is 7.82. The number of ether oxygens (including phenoxy) is 1. The summed E-state index contributed by atoms with van der Waals surface area (Å²) in [5, 5.41) is 14.9. The third-order valence-electron chi connectivity index (χ3n) is 5.60. The van der Waals surface area contributed by atoms with E-state index in [0.29, 0.717) is 11.1 Å². The van der Waals surface area contributed by atoms with Crippen LogP contribution in [-0.4, -0.2) is 23.2 Å². The number of aromatic nitrogens is 1. The number of phenols is 1. The number of hydrogen-bond acceptors (Lipinski definition) is 5. The van der Waals surface area contributed by atoms with Gasteiger partial charge in [0.1, 0.15) is 11.3 Å². The van der Waals surface area contributed by atoms with E-state index in [0.717, 1.165) is 46.3 Å². The fourth-order valence-electron chi connectivity index (χ4n) is 3.82. The van der Waals surface area contributed by atoms with E-state index in [1.807, 2.05) is 42.5 Å². The zero-order valence-electron chi connectivity index (χ0n) is 17.6. The van der Waals surface area contributed by atoms with Crippen LogP contribution in [0.15, 0.2) is 84.6 Å². The van der Waals surface area contributed by atoms with E-state index >= 15 is 0 Å². The molecule has 32 heavy (non-hydrogen) atoms. The van der Waals surface area contributed by atoms with Crippen molar-refractivity contribution in [3.63, 3.8) is 0 Å². The Morgan fingerprint density at radius 1 is 0.938 bits per heavy atom. The Bertz CT molecular complexity index is 1350. The number of phenolic OH excluding ortho intramolecular Hbond substituents is 1. The highest BCUT2D eigenvalue weighted by Crippen LogP contribution is 2.38. The van der Waals surface area contributed by atoms with Crippen LogP contribution in [0.3, 0.4) is 0 Å². The summed E-state index contributed by atoms with van der Waals surface area (Å²) in [4.78, 5) is 16.0. The Morgan fingerprint density at radius 2 is 1.75 bits per heavy atom. The molecule has 1 fully saturated rings. The van der Waals surface area contributed by atoms with E-state index < -0.39 is 0 Å². The number of hydrogen-bond donors (Lipinski definition) is 2. The van der Waals surface area contributed by atoms with Crippen LogP contribution in [0.4, 0.5) is 5.69 Å². The minimum absolute atomic E-state index is 0.174. The molecule has 0 saturated heterocycles. The molecule has 0 amide bonds. The van der Waals surface area contributed by atoms with Crippen molar-refractivity contribution >= 4 is 28.3 Å².